The van der Waals surface area contributed by atoms with Gasteiger partial charge in [-0.05, 0) is 31.1 Å². The number of rotatable bonds is 20. The summed E-state index contributed by atoms with van der Waals surface area (Å²) < 4.78 is 10.9. The van der Waals surface area contributed by atoms with Crippen molar-refractivity contribution in [3.05, 3.63) is 0 Å². The fourth-order valence-corrected chi connectivity index (χ4v) is 3.52. The van der Waals surface area contributed by atoms with E-state index in [-0.39, 0.29) is 24.3 Å². The average Bonchev–Trinajstić information content (AvgIpc) is 2.68. The lowest BCUT2D eigenvalue weighted by atomic mass is 9.97. The van der Waals surface area contributed by atoms with Gasteiger partial charge in [0.25, 0.3) is 0 Å². The van der Waals surface area contributed by atoms with Crippen LogP contribution >= 0.6 is 0 Å². The monoisotopic (exact) mass is 426 g/mol. The first-order valence-electron chi connectivity index (χ1n) is 12.7. The molecule has 4 heteroatoms. The summed E-state index contributed by atoms with van der Waals surface area (Å²) in [5, 5.41) is 0. The first kappa shape index (κ1) is 28.9. The van der Waals surface area contributed by atoms with E-state index in [0.717, 1.165) is 63.2 Å². The van der Waals surface area contributed by atoms with E-state index in [9.17, 15) is 9.59 Å². The molecule has 0 amide bonds. The Hall–Kier alpha value is -1.06. The Morgan fingerprint density at radius 1 is 0.633 bits per heavy atom. The van der Waals surface area contributed by atoms with Crippen molar-refractivity contribution in [1.82, 2.24) is 0 Å². The van der Waals surface area contributed by atoms with Gasteiger partial charge in [0, 0.05) is 0 Å². The summed E-state index contributed by atoms with van der Waals surface area (Å²) in [6, 6.07) is 0. The van der Waals surface area contributed by atoms with Gasteiger partial charge < -0.3 is 9.47 Å². The van der Waals surface area contributed by atoms with Gasteiger partial charge in [0.15, 0.2) is 0 Å². The van der Waals surface area contributed by atoms with Crippen LogP contribution in [0.15, 0.2) is 0 Å². The zero-order chi connectivity index (χ0) is 22.6. The third kappa shape index (κ3) is 18.9. The third-order valence-corrected chi connectivity index (χ3v) is 5.51. The first-order chi connectivity index (χ1) is 14.4. The second-order valence-corrected chi connectivity index (χ2v) is 9.62. The zero-order valence-electron chi connectivity index (χ0n) is 20.7. The molecule has 4 nitrogen and oxygen atoms in total. The summed E-state index contributed by atoms with van der Waals surface area (Å²) in [6.45, 7) is 12.0. The molecular formula is C26H50O4. The van der Waals surface area contributed by atoms with Gasteiger partial charge in [-0.2, -0.15) is 0 Å². The van der Waals surface area contributed by atoms with E-state index in [1.165, 1.54) is 32.1 Å². The molecule has 0 saturated heterocycles. The van der Waals surface area contributed by atoms with Crippen LogP contribution in [0, 0.1) is 17.8 Å². The van der Waals surface area contributed by atoms with E-state index in [1.807, 2.05) is 0 Å². The summed E-state index contributed by atoms with van der Waals surface area (Å²) in [7, 11) is 0. The van der Waals surface area contributed by atoms with Crippen molar-refractivity contribution >= 4 is 11.9 Å². The van der Waals surface area contributed by atoms with Crippen LogP contribution in [0.25, 0.3) is 0 Å². The summed E-state index contributed by atoms with van der Waals surface area (Å²) in [5.74, 6) is 0.618. The highest BCUT2D eigenvalue weighted by Gasteiger charge is 2.23. The van der Waals surface area contributed by atoms with Crippen molar-refractivity contribution in [2.45, 2.75) is 125 Å². The zero-order valence-corrected chi connectivity index (χ0v) is 20.7. The maximum absolute atomic E-state index is 12.5. The topological polar surface area (TPSA) is 52.6 Å². The van der Waals surface area contributed by atoms with Crippen molar-refractivity contribution in [2.75, 3.05) is 13.2 Å². The molecule has 0 bridgehead atoms. The highest BCUT2D eigenvalue weighted by atomic mass is 16.5. The molecule has 0 aromatic carbocycles. The van der Waals surface area contributed by atoms with Gasteiger partial charge >= 0.3 is 11.9 Å². The quantitative estimate of drug-likeness (QED) is 0.149. The Labute approximate surface area is 186 Å². The maximum atomic E-state index is 12.5. The fourth-order valence-electron chi connectivity index (χ4n) is 3.52. The molecule has 1 atom stereocenters. The summed E-state index contributed by atoms with van der Waals surface area (Å²) in [4.78, 5) is 24.8. The van der Waals surface area contributed by atoms with E-state index in [4.69, 9.17) is 9.47 Å². The lowest BCUT2D eigenvalue weighted by molar-refractivity contribution is -0.155. The normalized spacial score (nSPS) is 12.4. The van der Waals surface area contributed by atoms with E-state index >= 15 is 0 Å². The van der Waals surface area contributed by atoms with Gasteiger partial charge in [-0.15, -0.1) is 0 Å². The Kier molecular flexibility index (Phi) is 19.2. The predicted molar refractivity (Wildman–Crippen MR) is 125 cm³/mol. The van der Waals surface area contributed by atoms with Crippen LogP contribution in [0.3, 0.4) is 0 Å². The molecule has 0 rings (SSSR count). The molecule has 0 aromatic heterocycles. The average molecular weight is 427 g/mol. The summed E-state index contributed by atoms with van der Waals surface area (Å²) in [6.07, 6.45) is 14.0. The predicted octanol–water partition coefficient (Wildman–Crippen LogP) is 7.48. The molecule has 0 fully saturated rings. The molecule has 0 aromatic rings. The Morgan fingerprint density at radius 2 is 1.13 bits per heavy atom. The second kappa shape index (κ2) is 19.9. The number of carbonyl (C=O) groups excluding carboxylic acids is 2. The van der Waals surface area contributed by atoms with Crippen molar-refractivity contribution in [2.24, 2.45) is 17.8 Å². The van der Waals surface area contributed by atoms with Gasteiger partial charge in [0.05, 0.1) is 25.6 Å². The van der Waals surface area contributed by atoms with Gasteiger partial charge in [0.1, 0.15) is 0 Å². The van der Waals surface area contributed by atoms with Crippen molar-refractivity contribution in [3.63, 3.8) is 0 Å². The van der Waals surface area contributed by atoms with E-state index < -0.39 is 0 Å². The Morgan fingerprint density at radius 3 is 1.67 bits per heavy atom. The Balaban J connectivity index is 4.20. The lowest BCUT2D eigenvalue weighted by Gasteiger charge is -2.16. The number of hydrogen-bond donors (Lipinski definition) is 0. The van der Waals surface area contributed by atoms with Crippen LogP contribution in [0.5, 0.6) is 0 Å². The summed E-state index contributed by atoms with van der Waals surface area (Å²) in [5.41, 5.74) is 0. The molecule has 0 saturated carbocycles. The minimum Gasteiger partial charge on any atom is -0.466 e. The molecule has 1 unspecified atom stereocenters. The van der Waals surface area contributed by atoms with Gasteiger partial charge in [0.2, 0.25) is 0 Å². The standard InChI is InChI=1S/C26H50O4/c1-6-7-8-13-18-24(26(28)30-20-15-10-12-17-23(4)5)21-25(27)29-19-14-9-11-16-22(2)3/h22-24H,6-21H2,1-5H3. The van der Waals surface area contributed by atoms with E-state index in [0.29, 0.717) is 13.2 Å². The smallest absolute Gasteiger partial charge is 0.309 e. The van der Waals surface area contributed by atoms with Gasteiger partial charge in [-0.1, -0.05) is 98.8 Å². The molecule has 0 heterocycles. The SMILES string of the molecule is CCCCCCC(CC(=O)OCCCCCC(C)C)C(=O)OCCCCCC(C)C. The molecule has 178 valence electrons. The third-order valence-electron chi connectivity index (χ3n) is 5.51. The van der Waals surface area contributed by atoms with Crippen LogP contribution in [0.1, 0.15) is 125 Å². The lowest BCUT2D eigenvalue weighted by Crippen LogP contribution is -2.23. The van der Waals surface area contributed by atoms with Crippen LogP contribution in [-0.4, -0.2) is 25.2 Å². The van der Waals surface area contributed by atoms with Gasteiger partial charge in [-0.3, -0.25) is 9.59 Å². The van der Waals surface area contributed by atoms with Crippen LogP contribution < -0.4 is 0 Å². The largest absolute Gasteiger partial charge is 0.466 e. The van der Waals surface area contributed by atoms with E-state index in [1.54, 1.807) is 0 Å². The Bertz CT molecular complexity index is 417. The highest BCUT2D eigenvalue weighted by Crippen LogP contribution is 2.18. The number of hydrogen-bond acceptors (Lipinski definition) is 4. The van der Waals surface area contributed by atoms with Gasteiger partial charge in [-0.25, -0.2) is 0 Å². The first-order valence-corrected chi connectivity index (χ1v) is 12.7. The van der Waals surface area contributed by atoms with Crippen molar-refractivity contribution < 1.29 is 19.1 Å². The maximum Gasteiger partial charge on any atom is 0.309 e. The number of esters is 2. The van der Waals surface area contributed by atoms with Crippen LogP contribution in [0.2, 0.25) is 0 Å². The van der Waals surface area contributed by atoms with Crippen molar-refractivity contribution in [1.29, 1.82) is 0 Å². The minimum absolute atomic E-state index is 0.157. The van der Waals surface area contributed by atoms with Crippen molar-refractivity contribution in [3.8, 4) is 0 Å². The molecule has 0 aliphatic carbocycles. The fraction of sp³-hybridized carbons (Fsp3) is 0.923. The molecule has 0 aliphatic rings. The molecule has 30 heavy (non-hydrogen) atoms. The highest BCUT2D eigenvalue weighted by molar-refractivity contribution is 5.79. The summed E-state index contributed by atoms with van der Waals surface area (Å²) >= 11 is 0. The minimum atomic E-state index is -0.356. The molecule has 0 aliphatic heterocycles. The second-order valence-electron chi connectivity index (χ2n) is 9.62. The molecule has 0 spiro atoms. The van der Waals surface area contributed by atoms with E-state index in [2.05, 4.69) is 34.6 Å². The molecule has 0 N–H and O–H groups in total. The van der Waals surface area contributed by atoms with Crippen LogP contribution in [-0.2, 0) is 19.1 Å². The van der Waals surface area contributed by atoms with Crippen LogP contribution in [0.4, 0.5) is 0 Å². The molecule has 0 radical (unpaired) electrons. The number of ether oxygens (including phenoxy) is 2. The number of carbonyl (C=O) groups is 2. The molecular weight excluding hydrogens is 376 g/mol. The number of unbranched alkanes of at least 4 members (excludes halogenated alkanes) is 7.